The van der Waals surface area contributed by atoms with E-state index < -0.39 is 10.0 Å². The monoisotopic (exact) mass is 282 g/mol. The Labute approximate surface area is 116 Å². The molecule has 0 aromatic heterocycles. The van der Waals surface area contributed by atoms with Crippen LogP contribution in [0.3, 0.4) is 0 Å². The molecule has 1 N–H and O–H groups in total. The molecule has 0 saturated carbocycles. The van der Waals surface area contributed by atoms with Gasteiger partial charge >= 0.3 is 0 Å². The van der Waals surface area contributed by atoms with E-state index in [2.05, 4.69) is 5.32 Å². The molecule has 0 aliphatic carbocycles. The normalized spacial score (nSPS) is 12.4. The third-order valence-corrected chi connectivity index (χ3v) is 3.96. The zero-order valence-corrected chi connectivity index (χ0v) is 12.4. The number of nitrogens with zero attached hydrogens (tertiary/aromatic N) is 1. The number of hydrogen-bond acceptors (Lipinski definition) is 3. The molecule has 0 spiro atoms. The minimum Gasteiger partial charge on any atom is -0.312 e. The molecule has 0 radical (unpaired) electrons. The first-order chi connectivity index (χ1) is 9.04. The van der Waals surface area contributed by atoms with E-state index in [4.69, 9.17) is 0 Å². The molecule has 0 unspecified atom stereocenters. The van der Waals surface area contributed by atoms with E-state index in [9.17, 15) is 8.42 Å². The Morgan fingerprint density at radius 2 is 1.95 bits per heavy atom. The predicted octanol–water partition coefficient (Wildman–Crippen LogP) is 1.61. The smallest absolute Gasteiger partial charge is 0.211 e. The summed E-state index contributed by atoms with van der Waals surface area (Å²) in [6, 6.07) is 9.63. The summed E-state index contributed by atoms with van der Waals surface area (Å²) in [5.41, 5.74) is 1.00. The highest BCUT2D eigenvalue weighted by atomic mass is 32.2. The van der Waals surface area contributed by atoms with Crippen LogP contribution in [0.1, 0.15) is 12.5 Å². The molecule has 1 rings (SSSR count). The van der Waals surface area contributed by atoms with Gasteiger partial charge in [-0.2, -0.15) is 4.31 Å². The maximum absolute atomic E-state index is 11.7. The average molecular weight is 282 g/mol. The van der Waals surface area contributed by atoms with Crippen molar-refractivity contribution in [1.29, 1.82) is 0 Å². The third-order valence-electron chi connectivity index (χ3n) is 2.71. The lowest BCUT2D eigenvalue weighted by atomic mass is 10.2. The lowest BCUT2D eigenvalue weighted by Crippen LogP contribution is -2.35. The van der Waals surface area contributed by atoms with Gasteiger partial charge in [-0.15, -0.1) is 0 Å². The van der Waals surface area contributed by atoms with E-state index in [0.717, 1.165) is 12.1 Å². The molecule has 0 saturated heterocycles. The molecule has 0 fully saturated rings. The van der Waals surface area contributed by atoms with Gasteiger partial charge in [-0.25, -0.2) is 8.42 Å². The van der Waals surface area contributed by atoms with Crippen LogP contribution < -0.4 is 5.32 Å². The second-order valence-electron chi connectivity index (χ2n) is 4.36. The number of allylic oxidation sites excluding steroid dienone is 1. The van der Waals surface area contributed by atoms with Crippen molar-refractivity contribution in [2.75, 3.05) is 25.9 Å². The molecule has 5 heteroatoms. The molecule has 19 heavy (non-hydrogen) atoms. The molecule has 0 amide bonds. The number of hydrogen-bond donors (Lipinski definition) is 1. The van der Waals surface area contributed by atoms with Crippen LogP contribution in [-0.4, -0.2) is 38.6 Å². The number of benzene rings is 1. The molecule has 0 aliphatic rings. The van der Waals surface area contributed by atoms with Crippen molar-refractivity contribution >= 4 is 10.0 Å². The SMILES string of the molecule is CC=CCNCCN(Cc1ccccc1)S(C)(=O)=O. The summed E-state index contributed by atoms with van der Waals surface area (Å²) in [5.74, 6) is 0. The first-order valence-corrected chi connectivity index (χ1v) is 8.20. The van der Waals surface area contributed by atoms with Crippen molar-refractivity contribution in [2.24, 2.45) is 0 Å². The highest BCUT2D eigenvalue weighted by Crippen LogP contribution is 2.07. The van der Waals surface area contributed by atoms with Gasteiger partial charge in [0.1, 0.15) is 0 Å². The summed E-state index contributed by atoms with van der Waals surface area (Å²) in [5, 5.41) is 3.18. The molecule has 0 atom stereocenters. The maximum Gasteiger partial charge on any atom is 0.211 e. The van der Waals surface area contributed by atoms with Crippen LogP contribution in [0.15, 0.2) is 42.5 Å². The van der Waals surface area contributed by atoms with Crippen LogP contribution in [0.2, 0.25) is 0 Å². The maximum atomic E-state index is 11.7. The molecular formula is C14H22N2O2S. The van der Waals surface area contributed by atoms with Crippen molar-refractivity contribution in [3.8, 4) is 0 Å². The molecule has 106 valence electrons. The van der Waals surface area contributed by atoms with Crippen LogP contribution in [-0.2, 0) is 16.6 Å². The Morgan fingerprint density at radius 3 is 2.53 bits per heavy atom. The van der Waals surface area contributed by atoms with Crippen molar-refractivity contribution in [3.63, 3.8) is 0 Å². The highest BCUT2D eigenvalue weighted by Gasteiger charge is 2.16. The molecule has 4 nitrogen and oxygen atoms in total. The van der Waals surface area contributed by atoms with E-state index in [1.165, 1.54) is 10.6 Å². The fraction of sp³-hybridized carbons (Fsp3) is 0.429. The first kappa shape index (κ1) is 15.9. The van der Waals surface area contributed by atoms with Crippen LogP contribution >= 0.6 is 0 Å². The van der Waals surface area contributed by atoms with Crippen LogP contribution in [0.4, 0.5) is 0 Å². The highest BCUT2D eigenvalue weighted by molar-refractivity contribution is 7.88. The van der Waals surface area contributed by atoms with Gasteiger partial charge in [0.15, 0.2) is 0 Å². The zero-order valence-electron chi connectivity index (χ0n) is 11.5. The minimum atomic E-state index is -3.18. The molecular weight excluding hydrogens is 260 g/mol. The van der Waals surface area contributed by atoms with Crippen molar-refractivity contribution in [1.82, 2.24) is 9.62 Å². The summed E-state index contributed by atoms with van der Waals surface area (Å²) in [6.45, 7) is 4.26. The van der Waals surface area contributed by atoms with Gasteiger partial charge in [0.05, 0.1) is 6.26 Å². The fourth-order valence-electron chi connectivity index (χ4n) is 1.66. The quantitative estimate of drug-likeness (QED) is 0.582. The van der Waals surface area contributed by atoms with Crippen LogP contribution in [0.25, 0.3) is 0 Å². The van der Waals surface area contributed by atoms with Gasteiger partial charge in [-0.1, -0.05) is 42.5 Å². The molecule has 0 bridgehead atoms. The van der Waals surface area contributed by atoms with Gasteiger partial charge in [-0.3, -0.25) is 0 Å². The number of nitrogens with one attached hydrogen (secondary N) is 1. The lowest BCUT2D eigenvalue weighted by molar-refractivity contribution is 0.406. The molecule has 0 aliphatic heterocycles. The Balaban J connectivity index is 2.54. The summed E-state index contributed by atoms with van der Waals surface area (Å²) in [4.78, 5) is 0. The Kier molecular flexibility index (Phi) is 6.77. The van der Waals surface area contributed by atoms with E-state index in [1.807, 2.05) is 49.4 Å². The third kappa shape index (κ3) is 6.52. The van der Waals surface area contributed by atoms with Gasteiger partial charge < -0.3 is 5.32 Å². The Morgan fingerprint density at radius 1 is 1.26 bits per heavy atom. The summed E-state index contributed by atoms with van der Waals surface area (Å²) >= 11 is 0. The van der Waals surface area contributed by atoms with Crippen LogP contribution in [0, 0.1) is 0 Å². The second-order valence-corrected chi connectivity index (χ2v) is 6.34. The van der Waals surface area contributed by atoms with E-state index in [-0.39, 0.29) is 0 Å². The topological polar surface area (TPSA) is 49.4 Å². The number of rotatable bonds is 8. The molecule has 1 aromatic rings. The van der Waals surface area contributed by atoms with E-state index in [1.54, 1.807) is 0 Å². The summed E-state index contributed by atoms with van der Waals surface area (Å²) in [6.07, 6.45) is 5.22. The summed E-state index contributed by atoms with van der Waals surface area (Å²) < 4.78 is 25.0. The van der Waals surface area contributed by atoms with Gasteiger partial charge in [0.2, 0.25) is 10.0 Å². The lowest BCUT2D eigenvalue weighted by Gasteiger charge is -2.20. The van der Waals surface area contributed by atoms with Gasteiger partial charge in [-0.05, 0) is 12.5 Å². The van der Waals surface area contributed by atoms with Crippen molar-refractivity contribution in [3.05, 3.63) is 48.0 Å². The standard InChI is InChI=1S/C14H22N2O2S/c1-3-4-10-15-11-12-16(19(2,17)18)13-14-8-6-5-7-9-14/h3-9,15H,10-13H2,1-2H3. The Hall–Kier alpha value is -1.17. The van der Waals surface area contributed by atoms with Crippen molar-refractivity contribution < 1.29 is 8.42 Å². The van der Waals surface area contributed by atoms with E-state index in [0.29, 0.717) is 19.6 Å². The fourth-order valence-corrected chi connectivity index (χ4v) is 2.46. The first-order valence-electron chi connectivity index (χ1n) is 6.35. The second kappa shape index (κ2) is 8.09. The Bertz CT molecular complexity index is 483. The average Bonchev–Trinajstić information content (AvgIpc) is 2.37. The van der Waals surface area contributed by atoms with Gasteiger partial charge in [0.25, 0.3) is 0 Å². The van der Waals surface area contributed by atoms with E-state index >= 15 is 0 Å². The van der Waals surface area contributed by atoms with Gasteiger partial charge in [0, 0.05) is 26.2 Å². The largest absolute Gasteiger partial charge is 0.312 e. The zero-order chi connectivity index (χ0) is 14.1. The minimum absolute atomic E-state index is 0.422. The summed E-state index contributed by atoms with van der Waals surface area (Å²) in [7, 11) is -3.18. The predicted molar refractivity (Wildman–Crippen MR) is 79.4 cm³/mol. The number of sulfonamides is 1. The molecule has 0 heterocycles. The van der Waals surface area contributed by atoms with Crippen LogP contribution in [0.5, 0.6) is 0 Å². The molecule has 1 aromatic carbocycles. The van der Waals surface area contributed by atoms with Crippen molar-refractivity contribution in [2.45, 2.75) is 13.5 Å².